The largest absolute Gasteiger partial charge is 0.465 e. The number of ether oxygens (including phenoxy) is 1. The standard InChI is InChI=1S/C37H53NO2/c1-23(2)26-15-20-37(38)22-21-35(6)28(31(26)37)13-14-30-34(5)18-16-27(24-9-11-25(12-10-24)32(39)40-8)33(3,4)29(34)17-19-36(30,35)7/h9-12,16,26,28-31H,1,13-15,17-22,38H2,2-8H3/t26-,28-,29+,30-,31-,34?,35-,36-,37+/m1/s1. The first-order valence-electron chi connectivity index (χ1n) is 16.1. The Morgan fingerprint density at radius 3 is 2.25 bits per heavy atom. The van der Waals surface area contributed by atoms with Crippen LogP contribution in [0.2, 0.25) is 0 Å². The van der Waals surface area contributed by atoms with Crippen LogP contribution in [0.1, 0.15) is 115 Å². The molecule has 0 aromatic heterocycles. The van der Waals surface area contributed by atoms with Gasteiger partial charge in [0.1, 0.15) is 0 Å². The van der Waals surface area contributed by atoms with E-state index in [-0.39, 0.29) is 16.9 Å². The summed E-state index contributed by atoms with van der Waals surface area (Å²) in [5.74, 6) is 3.03. The minimum atomic E-state index is -0.270. The number of allylic oxidation sites excluding steroid dienone is 3. The molecule has 9 atom stereocenters. The van der Waals surface area contributed by atoms with Gasteiger partial charge in [-0.2, -0.15) is 0 Å². The van der Waals surface area contributed by atoms with Gasteiger partial charge in [0, 0.05) is 5.54 Å². The van der Waals surface area contributed by atoms with E-state index in [4.69, 9.17) is 10.5 Å². The van der Waals surface area contributed by atoms with E-state index in [0.717, 1.165) is 12.3 Å². The molecule has 0 bridgehead atoms. The van der Waals surface area contributed by atoms with Crippen molar-refractivity contribution in [3.8, 4) is 0 Å². The minimum Gasteiger partial charge on any atom is -0.465 e. The highest BCUT2D eigenvalue weighted by Gasteiger charge is 2.70. The molecule has 4 fully saturated rings. The van der Waals surface area contributed by atoms with Crippen molar-refractivity contribution in [1.82, 2.24) is 0 Å². The number of rotatable bonds is 3. The average molecular weight is 544 g/mol. The van der Waals surface area contributed by atoms with Crippen LogP contribution in [-0.4, -0.2) is 18.6 Å². The van der Waals surface area contributed by atoms with Gasteiger partial charge < -0.3 is 10.5 Å². The molecular formula is C37H53NO2. The summed E-state index contributed by atoms with van der Waals surface area (Å²) < 4.78 is 4.93. The molecule has 3 heteroatoms. The summed E-state index contributed by atoms with van der Waals surface area (Å²) in [6, 6.07) is 8.10. The van der Waals surface area contributed by atoms with E-state index in [0.29, 0.717) is 45.5 Å². The molecule has 40 heavy (non-hydrogen) atoms. The zero-order valence-electron chi connectivity index (χ0n) is 26.2. The smallest absolute Gasteiger partial charge is 0.337 e. The summed E-state index contributed by atoms with van der Waals surface area (Å²) in [5.41, 5.74) is 13.0. The van der Waals surface area contributed by atoms with Crippen LogP contribution in [0.4, 0.5) is 0 Å². The van der Waals surface area contributed by atoms with Crippen molar-refractivity contribution in [3.05, 3.63) is 53.6 Å². The average Bonchev–Trinajstić information content (AvgIpc) is 3.26. The summed E-state index contributed by atoms with van der Waals surface area (Å²) in [6.45, 7) is 19.8. The normalized spacial score (nSPS) is 45.3. The Morgan fingerprint density at radius 2 is 1.60 bits per heavy atom. The first-order valence-corrected chi connectivity index (χ1v) is 16.1. The van der Waals surface area contributed by atoms with E-state index in [9.17, 15) is 4.79 Å². The van der Waals surface area contributed by atoms with Crippen LogP contribution in [0.3, 0.4) is 0 Å². The summed E-state index contributed by atoms with van der Waals surface area (Å²) in [4.78, 5) is 12.0. The van der Waals surface area contributed by atoms with Gasteiger partial charge in [0.2, 0.25) is 0 Å². The van der Waals surface area contributed by atoms with Gasteiger partial charge in [-0.05, 0) is 139 Å². The molecular weight excluding hydrogens is 490 g/mol. The van der Waals surface area contributed by atoms with Crippen LogP contribution in [0.15, 0.2) is 42.5 Å². The number of carbonyl (C=O) groups is 1. The molecule has 6 rings (SSSR count). The fourth-order valence-electron chi connectivity index (χ4n) is 12.2. The van der Waals surface area contributed by atoms with Crippen LogP contribution in [0.5, 0.6) is 0 Å². The lowest BCUT2D eigenvalue weighted by Crippen LogP contribution is -2.67. The number of carbonyl (C=O) groups excluding carboxylic acids is 1. The monoisotopic (exact) mass is 543 g/mol. The molecule has 0 spiro atoms. The second-order valence-electron chi connectivity index (χ2n) is 16.0. The Morgan fingerprint density at radius 1 is 0.900 bits per heavy atom. The van der Waals surface area contributed by atoms with Crippen LogP contribution >= 0.6 is 0 Å². The maximum Gasteiger partial charge on any atom is 0.337 e. The van der Waals surface area contributed by atoms with Gasteiger partial charge >= 0.3 is 5.97 Å². The highest BCUT2D eigenvalue weighted by atomic mass is 16.5. The molecule has 0 aliphatic heterocycles. The number of methoxy groups -OCH3 is 1. The lowest BCUT2D eigenvalue weighted by molar-refractivity contribution is -0.217. The van der Waals surface area contributed by atoms with Gasteiger partial charge in [0.15, 0.2) is 0 Å². The van der Waals surface area contributed by atoms with Crippen LogP contribution in [-0.2, 0) is 4.74 Å². The molecule has 0 heterocycles. The molecule has 0 saturated heterocycles. The van der Waals surface area contributed by atoms with Gasteiger partial charge in [0.05, 0.1) is 12.7 Å². The van der Waals surface area contributed by atoms with Gasteiger partial charge in [0.25, 0.3) is 0 Å². The van der Waals surface area contributed by atoms with Gasteiger partial charge in [-0.1, -0.05) is 65.0 Å². The molecule has 1 aromatic carbocycles. The molecule has 5 aliphatic carbocycles. The number of esters is 1. The van der Waals surface area contributed by atoms with Crippen LogP contribution in [0, 0.1) is 51.2 Å². The predicted octanol–water partition coefficient (Wildman–Crippen LogP) is 8.84. The molecule has 218 valence electrons. The third-order valence-electron chi connectivity index (χ3n) is 14.3. The fourth-order valence-corrected chi connectivity index (χ4v) is 12.2. The summed E-state index contributed by atoms with van der Waals surface area (Å²) in [6.07, 6.45) is 13.9. The molecule has 0 amide bonds. The molecule has 1 unspecified atom stereocenters. The van der Waals surface area contributed by atoms with E-state index in [1.54, 1.807) is 0 Å². The van der Waals surface area contributed by atoms with E-state index >= 15 is 0 Å². The zero-order chi connectivity index (χ0) is 28.9. The maximum absolute atomic E-state index is 12.0. The number of hydrogen-bond acceptors (Lipinski definition) is 3. The predicted molar refractivity (Wildman–Crippen MR) is 165 cm³/mol. The van der Waals surface area contributed by atoms with E-state index in [1.807, 2.05) is 12.1 Å². The van der Waals surface area contributed by atoms with Crippen LogP contribution in [0.25, 0.3) is 5.57 Å². The third-order valence-corrected chi connectivity index (χ3v) is 14.3. The highest BCUT2D eigenvalue weighted by Crippen LogP contribution is 2.76. The molecule has 2 N–H and O–H groups in total. The second kappa shape index (κ2) is 9.06. The SMILES string of the molecule is C=C(C)[C@H]1CC[C@]2(N)CC[C@]3(C)[C@H](CC[C@@H]4C5(C)CC=C(c6ccc(C(=O)OC)cc6)C(C)(C)[C@@H]5CC[C@]43C)[C@@H]12. The molecule has 3 nitrogen and oxygen atoms in total. The zero-order valence-corrected chi connectivity index (χ0v) is 26.2. The van der Waals surface area contributed by atoms with Crippen molar-refractivity contribution >= 4 is 11.5 Å². The van der Waals surface area contributed by atoms with Crippen molar-refractivity contribution < 1.29 is 9.53 Å². The van der Waals surface area contributed by atoms with Crippen molar-refractivity contribution in [1.29, 1.82) is 0 Å². The maximum atomic E-state index is 12.0. The molecule has 5 aliphatic rings. The van der Waals surface area contributed by atoms with Crippen LogP contribution < -0.4 is 5.73 Å². The lowest BCUT2D eigenvalue weighted by Gasteiger charge is -2.72. The lowest BCUT2D eigenvalue weighted by atomic mass is 9.33. The van der Waals surface area contributed by atoms with E-state index in [2.05, 4.69) is 66.3 Å². The van der Waals surface area contributed by atoms with E-state index < -0.39 is 0 Å². The Hall–Kier alpha value is -1.87. The number of nitrogens with two attached hydrogens (primary N) is 1. The topological polar surface area (TPSA) is 52.3 Å². The van der Waals surface area contributed by atoms with Gasteiger partial charge in [-0.25, -0.2) is 4.79 Å². The Balaban J connectivity index is 1.34. The summed E-state index contributed by atoms with van der Waals surface area (Å²) >= 11 is 0. The first-order chi connectivity index (χ1) is 18.7. The number of fused-ring (bicyclic) bond motifs is 7. The summed E-state index contributed by atoms with van der Waals surface area (Å²) in [5, 5.41) is 0. The number of hydrogen-bond donors (Lipinski definition) is 1. The van der Waals surface area contributed by atoms with Crippen molar-refractivity contribution in [2.24, 2.45) is 57.0 Å². The summed E-state index contributed by atoms with van der Waals surface area (Å²) in [7, 11) is 1.45. The molecule has 0 radical (unpaired) electrons. The Labute approximate surface area is 243 Å². The Bertz CT molecular complexity index is 1240. The van der Waals surface area contributed by atoms with Crippen molar-refractivity contribution in [2.75, 3.05) is 7.11 Å². The van der Waals surface area contributed by atoms with E-state index in [1.165, 1.54) is 75.2 Å². The third kappa shape index (κ3) is 3.61. The minimum absolute atomic E-state index is 0.0198. The van der Waals surface area contributed by atoms with Gasteiger partial charge in [-0.15, -0.1) is 0 Å². The molecule has 1 aromatic rings. The number of benzene rings is 1. The highest BCUT2D eigenvalue weighted by molar-refractivity contribution is 5.89. The Kier molecular flexibility index (Phi) is 6.40. The van der Waals surface area contributed by atoms with Gasteiger partial charge in [-0.3, -0.25) is 0 Å². The fraction of sp³-hybridized carbons (Fsp3) is 0.703. The van der Waals surface area contributed by atoms with Crippen molar-refractivity contribution in [3.63, 3.8) is 0 Å². The quantitative estimate of drug-likeness (QED) is 0.306. The molecule has 4 saturated carbocycles. The second-order valence-corrected chi connectivity index (χ2v) is 16.0. The van der Waals surface area contributed by atoms with Crippen molar-refractivity contribution in [2.45, 2.75) is 105 Å². The first kappa shape index (κ1) is 28.3.